The number of halogens is 2. The highest BCUT2D eigenvalue weighted by Gasteiger charge is 2.23. The van der Waals surface area contributed by atoms with Gasteiger partial charge in [-0.05, 0) is 12.1 Å². The number of nitrogens with one attached hydrogen (secondary N) is 1. The largest absolute Gasteiger partial charge is 0.491 e. The molecule has 2 aromatic carbocycles. The molecule has 0 bridgehead atoms. The minimum Gasteiger partial charge on any atom is -0.491 e. The molecule has 0 aliphatic rings. The number of hydrogen-bond donors (Lipinski definition) is 1. The van der Waals surface area contributed by atoms with E-state index in [2.05, 4.69) is 9.47 Å². The number of carbonyl (C=O) groups excluding carboxylic acids is 1. The van der Waals surface area contributed by atoms with E-state index in [1.807, 2.05) is 4.72 Å². The summed E-state index contributed by atoms with van der Waals surface area (Å²) in [6.07, 6.45) is 0. The molecule has 128 valence electrons. The predicted molar refractivity (Wildman–Crippen MR) is 81.5 cm³/mol. The Hall–Kier alpha value is -2.68. The van der Waals surface area contributed by atoms with E-state index < -0.39 is 33.4 Å². The molecule has 0 saturated heterocycles. The smallest absolute Gasteiger partial charge is 0.339 e. The van der Waals surface area contributed by atoms with E-state index in [9.17, 15) is 22.0 Å². The first-order chi connectivity index (χ1) is 11.3. The molecule has 0 atom stereocenters. The fourth-order valence-electron chi connectivity index (χ4n) is 2.00. The molecule has 0 fully saturated rings. The maximum Gasteiger partial charge on any atom is 0.339 e. The van der Waals surface area contributed by atoms with Crippen LogP contribution in [0.3, 0.4) is 0 Å². The van der Waals surface area contributed by atoms with E-state index in [0.29, 0.717) is 0 Å². The molecule has 0 spiro atoms. The van der Waals surface area contributed by atoms with Crippen LogP contribution in [0.15, 0.2) is 41.3 Å². The first kappa shape index (κ1) is 17.7. The molecule has 0 unspecified atom stereocenters. The van der Waals surface area contributed by atoms with Crippen LogP contribution in [0.4, 0.5) is 14.5 Å². The fraction of sp³-hybridized carbons (Fsp3) is 0.133. The summed E-state index contributed by atoms with van der Waals surface area (Å²) in [7, 11) is -2.09. The van der Waals surface area contributed by atoms with E-state index in [-0.39, 0.29) is 16.1 Å². The summed E-state index contributed by atoms with van der Waals surface area (Å²) in [5.41, 5.74) is -0.563. The monoisotopic (exact) mass is 357 g/mol. The van der Waals surface area contributed by atoms with E-state index in [1.54, 1.807) is 0 Å². The van der Waals surface area contributed by atoms with E-state index >= 15 is 0 Å². The molecule has 0 aliphatic carbocycles. The Morgan fingerprint density at radius 1 is 1.08 bits per heavy atom. The van der Waals surface area contributed by atoms with Gasteiger partial charge >= 0.3 is 5.97 Å². The molecule has 2 rings (SSSR count). The van der Waals surface area contributed by atoms with Gasteiger partial charge in [-0.15, -0.1) is 0 Å². The third kappa shape index (κ3) is 3.46. The molecule has 0 aliphatic heterocycles. The Morgan fingerprint density at radius 3 is 2.21 bits per heavy atom. The normalized spacial score (nSPS) is 11.0. The topological polar surface area (TPSA) is 81.7 Å². The zero-order valence-electron chi connectivity index (χ0n) is 12.7. The van der Waals surface area contributed by atoms with Crippen LogP contribution >= 0.6 is 0 Å². The molecular weight excluding hydrogens is 344 g/mol. The van der Waals surface area contributed by atoms with Gasteiger partial charge < -0.3 is 9.47 Å². The zero-order valence-corrected chi connectivity index (χ0v) is 13.5. The average Bonchev–Trinajstić information content (AvgIpc) is 2.53. The maximum absolute atomic E-state index is 13.7. The molecule has 6 nitrogen and oxygen atoms in total. The summed E-state index contributed by atoms with van der Waals surface area (Å²) in [5, 5.41) is 0. The Bertz CT molecular complexity index is 860. The van der Waals surface area contributed by atoms with Crippen molar-refractivity contribution in [2.75, 3.05) is 18.9 Å². The van der Waals surface area contributed by atoms with Gasteiger partial charge in [0.05, 0.1) is 25.5 Å². The molecule has 0 amide bonds. The Labute approximate surface area is 137 Å². The van der Waals surface area contributed by atoms with Gasteiger partial charge in [0, 0.05) is 12.1 Å². The first-order valence-corrected chi connectivity index (χ1v) is 8.01. The second-order valence-electron chi connectivity index (χ2n) is 4.57. The third-order valence-corrected chi connectivity index (χ3v) is 4.48. The minimum atomic E-state index is -4.28. The summed E-state index contributed by atoms with van der Waals surface area (Å²) in [4.78, 5) is 11.3. The van der Waals surface area contributed by atoms with E-state index in [4.69, 9.17) is 0 Å². The highest BCUT2D eigenvalue weighted by atomic mass is 32.2. The van der Waals surface area contributed by atoms with Crippen LogP contribution in [0.1, 0.15) is 10.4 Å². The van der Waals surface area contributed by atoms with Crippen LogP contribution in [0.2, 0.25) is 0 Å². The molecular formula is C15H13F2NO5S. The van der Waals surface area contributed by atoms with Gasteiger partial charge in [0.15, 0.2) is 17.4 Å². The van der Waals surface area contributed by atoms with E-state index in [1.165, 1.54) is 24.3 Å². The van der Waals surface area contributed by atoms with Crippen LogP contribution in [0.25, 0.3) is 0 Å². The van der Waals surface area contributed by atoms with Crippen molar-refractivity contribution in [2.45, 2.75) is 4.90 Å². The second kappa shape index (κ2) is 6.83. The quantitative estimate of drug-likeness (QED) is 0.832. The Balaban J connectivity index is 2.45. The average molecular weight is 357 g/mol. The molecule has 0 heterocycles. The van der Waals surface area contributed by atoms with Gasteiger partial charge in [0.1, 0.15) is 4.90 Å². The number of ether oxygens (including phenoxy) is 2. The van der Waals surface area contributed by atoms with Gasteiger partial charge in [-0.1, -0.05) is 12.1 Å². The lowest BCUT2D eigenvalue weighted by molar-refractivity contribution is 0.0596. The lowest BCUT2D eigenvalue weighted by Crippen LogP contribution is -2.17. The lowest BCUT2D eigenvalue weighted by atomic mass is 10.2. The van der Waals surface area contributed by atoms with E-state index in [0.717, 1.165) is 26.4 Å². The van der Waals surface area contributed by atoms with Crippen LogP contribution < -0.4 is 9.46 Å². The number of esters is 1. The van der Waals surface area contributed by atoms with Crippen molar-refractivity contribution in [2.24, 2.45) is 0 Å². The van der Waals surface area contributed by atoms with Crippen LogP contribution in [0, 0.1) is 11.6 Å². The Morgan fingerprint density at radius 2 is 1.67 bits per heavy atom. The van der Waals surface area contributed by atoms with Crippen LogP contribution in [0.5, 0.6) is 5.75 Å². The van der Waals surface area contributed by atoms with Crippen molar-refractivity contribution in [3.05, 3.63) is 53.6 Å². The highest BCUT2D eigenvalue weighted by Crippen LogP contribution is 2.27. The standard InChI is InChI=1S/C15H13F2NO5S/c1-22-14-11(16)7-9(8-12(14)17)18-24(20,21)13-6-4-3-5-10(13)15(19)23-2/h3-8,18H,1-2H3. The first-order valence-electron chi connectivity index (χ1n) is 6.53. The highest BCUT2D eigenvalue weighted by molar-refractivity contribution is 7.92. The number of rotatable bonds is 5. The number of benzene rings is 2. The summed E-state index contributed by atoms with van der Waals surface area (Å²) in [5.74, 6) is -3.64. The predicted octanol–water partition coefficient (Wildman–Crippen LogP) is 2.56. The molecule has 2 aromatic rings. The number of sulfonamides is 1. The molecule has 9 heteroatoms. The minimum absolute atomic E-state index is 0.207. The van der Waals surface area contributed by atoms with Crippen molar-refractivity contribution >= 4 is 21.7 Å². The van der Waals surface area contributed by atoms with Crippen molar-refractivity contribution in [3.8, 4) is 5.75 Å². The van der Waals surface area contributed by atoms with Gasteiger partial charge in [-0.2, -0.15) is 0 Å². The van der Waals surface area contributed by atoms with Crippen molar-refractivity contribution in [1.82, 2.24) is 0 Å². The molecule has 0 saturated carbocycles. The molecule has 1 N–H and O–H groups in total. The SMILES string of the molecule is COC(=O)c1ccccc1S(=O)(=O)Nc1cc(F)c(OC)c(F)c1. The number of hydrogen-bond acceptors (Lipinski definition) is 5. The fourth-order valence-corrected chi connectivity index (χ4v) is 3.24. The summed E-state index contributed by atoms with van der Waals surface area (Å²) >= 11 is 0. The van der Waals surface area contributed by atoms with Gasteiger partial charge in [-0.3, -0.25) is 4.72 Å². The number of anilines is 1. The third-order valence-electron chi connectivity index (χ3n) is 3.04. The van der Waals surface area contributed by atoms with Gasteiger partial charge in [-0.25, -0.2) is 22.0 Å². The molecule has 24 heavy (non-hydrogen) atoms. The summed E-state index contributed by atoms with van der Waals surface area (Å²) in [6, 6.07) is 6.81. The van der Waals surface area contributed by atoms with Crippen LogP contribution in [-0.2, 0) is 14.8 Å². The van der Waals surface area contributed by atoms with Crippen molar-refractivity contribution < 1.29 is 31.5 Å². The maximum atomic E-state index is 13.7. The van der Waals surface area contributed by atoms with Crippen LogP contribution in [-0.4, -0.2) is 28.6 Å². The Kier molecular flexibility index (Phi) is 5.03. The lowest BCUT2D eigenvalue weighted by Gasteiger charge is -2.12. The molecule has 0 aromatic heterocycles. The summed E-state index contributed by atoms with van der Waals surface area (Å²) in [6.45, 7) is 0. The number of methoxy groups -OCH3 is 2. The summed E-state index contributed by atoms with van der Waals surface area (Å²) < 4.78 is 63.3. The van der Waals surface area contributed by atoms with Gasteiger partial charge in [0.25, 0.3) is 10.0 Å². The van der Waals surface area contributed by atoms with Crippen molar-refractivity contribution in [1.29, 1.82) is 0 Å². The number of carbonyl (C=O) groups is 1. The zero-order chi connectivity index (χ0) is 17.9. The molecule has 0 radical (unpaired) electrons. The van der Waals surface area contributed by atoms with Crippen molar-refractivity contribution in [3.63, 3.8) is 0 Å². The van der Waals surface area contributed by atoms with Gasteiger partial charge in [0.2, 0.25) is 0 Å². The second-order valence-corrected chi connectivity index (χ2v) is 6.22.